The number of benzene rings is 3. The molecule has 178 valence electrons. The van der Waals surface area contributed by atoms with Gasteiger partial charge in [-0.3, -0.25) is 39.9 Å². The minimum atomic E-state index is -1.15. The molecule has 0 bridgehead atoms. The lowest BCUT2D eigenvalue weighted by Crippen LogP contribution is -2.17. The van der Waals surface area contributed by atoms with E-state index in [2.05, 4.69) is 0 Å². The quantitative estimate of drug-likeness (QED) is 0.366. The summed E-state index contributed by atoms with van der Waals surface area (Å²) in [4.78, 5) is 55.6. The first kappa shape index (κ1) is 24.3. The number of amides is 2. The van der Waals surface area contributed by atoms with Crippen LogP contribution in [0.2, 0.25) is 0 Å². The fraction of sp³-hybridized carbons (Fsp3) is 0. The van der Waals surface area contributed by atoms with Crippen LogP contribution in [0.25, 0.3) is 0 Å². The van der Waals surface area contributed by atoms with Gasteiger partial charge in [0.1, 0.15) is 11.6 Å². The molecule has 0 spiro atoms. The highest BCUT2D eigenvalue weighted by molar-refractivity contribution is 6.09. The summed E-state index contributed by atoms with van der Waals surface area (Å²) in [7, 11) is 0. The molecule has 0 unspecified atom stereocenters. The van der Waals surface area contributed by atoms with Gasteiger partial charge in [0.15, 0.2) is 0 Å². The molecule has 0 aliphatic rings. The number of hydrogen-bond donors (Lipinski definition) is 2. The predicted molar refractivity (Wildman–Crippen MR) is 115 cm³/mol. The molecule has 0 saturated heterocycles. The smallest absolute Gasteiger partial charge is 0.271 e. The first-order chi connectivity index (χ1) is 16.5. The summed E-state index contributed by atoms with van der Waals surface area (Å²) in [6.45, 7) is 0. The maximum Gasteiger partial charge on any atom is 0.271 e. The van der Waals surface area contributed by atoms with Gasteiger partial charge in [-0.1, -0.05) is 0 Å². The summed E-state index contributed by atoms with van der Waals surface area (Å²) in [6, 6.07) is 7.00. The lowest BCUT2D eigenvalue weighted by atomic mass is 10.1. The number of non-ortho nitro benzene ring substituents is 3. The number of nitrogens with one attached hydrogen (secondary N) is 2. The van der Waals surface area contributed by atoms with Crippen LogP contribution >= 0.6 is 0 Å². The van der Waals surface area contributed by atoms with E-state index in [0.717, 1.165) is 54.6 Å². The molecule has 2 amide bonds. The van der Waals surface area contributed by atoms with Crippen molar-refractivity contribution in [3.63, 3.8) is 0 Å². The van der Waals surface area contributed by atoms with Crippen LogP contribution < -0.4 is 10.6 Å². The molecule has 3 aromatic rings. The van der Waals surface area contributed by atoms with E-state index < -0.39 is 77.8 Å². The summed E-state index contributed by atoms with van der Waals surface area (Å²) < 4.78 is 28.0. The third kappa shape index (κ3) is 5.54. The third-order valence-electron chi connectivity index (χ3n) is 4.47. The van der Waals surface area contributed by atoms with Crippen LogP contribution in [0.4, 0.5) is 37.2 Å². The number of carbonyl (C=O) groups excluding carboxylic acids is 2. The van der Waals surface area contributed by atoms with E-state index >= 15 is 0 Å². The van der Waals surface area contributed by atoms with E-state index in [9.17, 15) is 48.7 Å². The first-order valence-corrected chi connectivity index (χ1v) is 9.26. The Morgan fingerprint density at radius 3 is 1.31 bits per heavy atom. The molecular weight excluding hydrogens is 476 g/mol. The van der Waals surface area contributed by atoms with Crippen LogP contribution in [0.15, 0.2) is 54.6 Å². The molecule has 3 rings (SSSR count). The normalized spacial score (nSPS) is 10.3. The molecule has 0 atom stereocenters. The maximum atomic E-state index is 14.0. The van der Waals surface area contributed by atoms with Crippen LogP contribution in [0, 0.1) is 42.0 Å². The Bertz CT molecular complexity index is 1320. The average molecular weight is 487 g/mol. The zero-order chi connectivity index (χ0) is 25.9. The highest BCUT2D eigenvalue weighted by atomic mass is 19.1. The Morgan fingerprint density at radius 2 is 0.971 bits per heavy atom. The van der Waals surface area contributed by atoms with Crippen molar-refractivity contribution in [2.75, 3.05) is 10.6 Å². The number of hydrogen-bond acceptors (Lipinski definition) is 8. The first-order valence-electron chi connectivity index (χ1n) is 9.26. The van der Waals surface area contributed by atoms with Crippen LogP contribution in [0.1, 0.15) is 20.7 Å². The van der Waals surface area contributed by atoms with Gasteiger partial charge < -0.3 is 10.6 Å². The molecule has 0 radical (unpaired) electrons. The molecule has 0 aromatic heterocycles. The molecule has 2 N–H and O–H groups in total. The van der Waals surface area contributed by atoms with Crippen molar-refractivity contribution in [3.05, 3.63) is 108 Å². The van der Waals surface area contributed by atoms with Gasteiger partial charge in [0, 0.05) is 47.5 Å². The molecule has 0 fully saturated rings. The lowest BCUT2D eigenvalue weighted by Gasteiger charge is -2.09. The van der Waals surface area contributed by atoms with Gasteiger partial charge in [-0.15, -0.1) is 0 Å². The van der Waals surface area contributed by atoms with E-state index in [0.29, 0.717) is 0 Å². The van der Waals surface area contributed by atoms with Gasteiger partial charge in [-0.05, 0) is 18.2 Å². The molecule has 15 heteroatoms. The second kappa shape index (κ2) is 9.65. The molecule has 0 heterocycles. The number of carbonyl (C=O) groups is 2. The average Bonchev–Trinajstić information content (AvgIpc) is 2.81. The van der Waals surface area contributed by atoms with Crippen LogP contribution in [-0.4, -0.2) is 26.6 Å². The molecular formula is C20H11F2N5O8. The highest BCUT2D eigenvalue weighted by Gasteiger charge is 2.21. The number of nitro groups is 3. The van der Waals surface area contributed by atoms with Crippen molar-refractivity contribution in [1.29, 1.82) is 0 Å². The summed E-state index contributed by atoms with van der Waals surface area (Å²) in [5.41, 5.74) is -4.02. The zero-order valence-electron chi connectivity index (χ0n) is 17.1. The lowest BCUT2D eigenvalue weighted by molar-refractivity contribution is -0.385. The van der Waals surface area contributed by atoms with Crippen molar-refractivity contribution in [2.24, 2.45) is 0 Å². The van der Waals surface area contributed by atoms with Crippen LogP contribution in [-0.2, 0) is 0 Å². The van der Waals surface area contributed by atoms with Crippen molar-refractivity contribution in [1.82, 2.24) is 0 Å². The Morgan fingerprint density at radius 1 is 0.600 bits per heavy atom. The summed E-state index contributed by atoms with van der Waals surface area (Å²) in [5.74, 6) is -4.37. The summed E-state index contributed by atoms with van der Waals surface area (Å²) in [5, 5.41) is 37.1. The molecule has 3 aromatic carbocycles. The summed E-state index contributed by atoms with van der Waals surface area (Å²) in [6.07, 6.45) is 0. The molecule has 0 saturated carbocycles. The number of nitro benzene ring substituents is 3. The van der Waals surface area contributed by atoms with E-state index in [1.54, 1.807) is 0 Å². The molecule has 35 heavy (non-hydrogen) atoms. The van der Waals surface area contributed by atoms with E-state index in [1.807, 2.05) is 10.6 Å². The fourth-order valence-corrected chi connectivity index (χ4v) is 2.81. The van der Waals surface area contributed by atoms with E-state index in [-0.39, 0.29) is 0 Å². The minimum Gasteiger partial charge on any atom is -0.319 e. The minimum absolute atomic E-state index is 0.505. The largest absolute Gasteiger partial charge is 0.319 e. The number of nitrogens with zero attached hydrogens (tertiary/aromatic N) is 3. The SMILES string of the molecule is O=C(Nc1cc([N+](=O)[O-])ccc1F)c1cc(C(=O)Nc2cc([N+](=O)[O-])ccc2F)cc([N+](=O)[O-])c1. The Hall–Kier alpha value is -5.34. The summed E-state index contributed by atoms with van der Waals surface area (Å²) >= 11 is 0. The fourth-order valence-electron chi connectivity index (χ4n) is 2.81. The Balaban J connectivity index is 1.95. The van der Waals surface area contributed by atoms with Gasteiger partial charge in [0.25, 0.3) is 28.9 Å². The number of rotatable bonds is 7. The van der Waals surface area contributed by atoms with Gasteiger partial charge in [0.05, 0.1) is 26.1 Å². The second-order valence-electron chi connectivity index (χ2n) is 6.78. The van der Waals surface area contributed by atoms with Gasteiger partial charge in [0.2, 0.25) is 0 Å². The van der Waals surface area contributed by atoms with Crippen molar-refractivity contribution in [3.8, 4) is 0 Å². The maximum absolute atomic E-state index is 14.0. The number of anilines is 2. The monoisotopic (exact) mass is 487 g/mol. The molecule has 13 nitrogen and oxygen atoms in total. The number of halogens is 2. The second-order valence-corrected chi connectivity index (χ2v) is 6.78. The highest BCUT2D eigenvalue weighted by Crippen LogP contribution is 2.25. The van der Waals surface area contributed by atoms with Crippen molar-refractivity contribution < 1.29 is 33.1 Å². The van der Waals surface area contributed by atoms with Crippen LogP contribution in [0.5, 0.6) is 0 Å². The van der Waals surface area contributed by atoms with Gasteiger partial charge >= 0.3 is 0 Å². The Kier molecular flexibility index (Phi) is 6.70. The van der Waals surface area contributed by atoms with Crippen molar-refractivity contribution in [2.45, 2.75) is 0 Å². The van der Waals surface area contributed by atoms with E-state index in [4.69, 9.17) is 0 Å². The predicted octanol–water partition coefficient (Wildman–Crippen LogP) is 4.19. The zero-order valence-corrected chi connectivity index (χ0v) is 17.1. The van der Waals surface area contributed by atoms with Gasteiger partial charge in [-0.25, -0.2) is 8.78 Å². The third-order valence-corrected chi connectivity index (χ3v) is 4.47. The van der Waals surface area contributed by atoms with E-state index in [1.165, 1.54) is 0 Å². The standard InChI is InChI=1S/C20H11F2N5O8/c21-15-3-1-12(25(30)31)8-17(15)23-19(28)10-5-11(7-14(6-10)27(34)35)20(29)24-18-9-13(26(32)33)2-4-16(18)22/h1-9H,(H,23,28)(H,24,29). The van der Waals surface area contributed by atoms with Crippen LogP contribution in [0.3, 0.4) is 0 Å². The topological polar surface area (TPSA) is 188 Å². The van der Waals surface area contributed by atoms with Crippen molar-refractivity contribution >= 4 is 40.3 Å². The van der Waals surface area contributed by atoms with Gasteiger partial charge in [-0.2, -0.15) is 0 Å². The Labute approximate surface area is 192 Å². The molecule has 0 aliphatic heterocycles. The molecule has 0 aliphatic carbocycles.